The van der Waals surface area contributed by atoms with Gasteiger partial charge >= 0.3 is 0 Å². The molecule has 0 aliphatic carbocycles. The molecule has 1 aliphatic rings. The van der Waals surface area contributed by atoms with E-state index in [0.29, 0.717) is 11.6 Å². The molecule has 2 aromatic heterocycles. The zero-order chi connectivity index (χ0) is 25.9. The number of carbonyl (C=O) groups excluding carboxylic acids is 1. The average Bonchev–Trinajstić information content (AvgIpc) is 3.38. The zero-order valence-electron chi connectivity index (χ0n) is 21.0. The number of benzene rings is 3. The van der Waals surface area contributed by atoms with Crippen molar-refractivity contribution in [2.24, 2.45) is 5.73 Å². The van der Waals surface area contributed by atoms with Crippen LogP contribution in [0.3, 0.4) is 0 Å². The number of carbonyl (C=O) groups is 1. The summed E-state index contributed by atoms with van der Waals surface area (Å²) in [4.78, 5) is 26.2. The van der Waals surface area contributed by atoms with E-state index in [2.05, 4.69) is 16.3 Å². The van der Waals surface area contributed by atoms with Crippen LogP contribution in [0.15, 0.2) is 91.1 Å². The SMILES string of the molecule is NC1CCN(Cc2cnc3sc(-c4ccccc4NC(=O)c4cccc(-c5ccccc5)c4)nc3c2)CC1. The van der Waals surface area contributed by atoms with Gasteiger partial charge in [-0.05, 0) is 73.0 Å². The molecule has 3 aromatic carbocycles. The number of fused-ring (bicyclic) bond motifs is 1. The van der Waals surface area contributed by atoms with Crippen LogP contribution in [0, 0.1) is 0 Å². The number of amides is 1. The van der Waals surface area contributed by atoms with Gasteiger partial charge in [0, 0.05) is 29.9 Å². The van der Waals surface area contributed by atoms with Gasteiger partial charge in [0.05, 0.1) is 5.69 Å². The standard InChI is InChI=1S/C31H29N5OS/c32-25-13-15-36(16-14-25)20-21-17-28-31(33-19-21)38-30(35-28)26-11-4-5-12-27(26)34-29(37)24-10-6-9-23(18-24)22-7-2-1-3-8-22/h1-12,17-19,25H,13-16,20,32H2,(H,34,37). The first-order valence-corrected chi connectivity index (χ1v) is 13.7. The Morgan fingerprint density at radius 3 is 2.55 bits per heavy atom. The Hall–Kier alpha value is -3.91. The van der Waals surface area contributed by atoms with Gasteiger partial charge in [-0.2, -0.15) is 0 Å². The number of pyridine rings is 1. The molecule has 0 bridgehead atoms. The van der Waals surface area contributed by atoms with E-state index in [-0.39, 0.29) is 5.91 Å². The number of aromatic nitrogens is 2. The first-order chi connectivity index (χ1) is 18.6. The average molecular weight is 520 g/mol. The molecular formula is C31H29N5OS. The molecule has 1 saturated heterocycles. The molecule has 190 valence electrons. The second-order valence-corrected chi connectivity index (χ2v) is 10.7. The highest BCUT2D eigenvalue weighted by atomic mass is 32.1. The number of nitrogens with one attached hydrogen (secondary N) is 1. The summed E-state index contributed by atoms with van der Waals surface area (Å²) in [5, 5.41) is 3.94. The van der Waals surface area contributed by atoms with Gasteiger partial charge in [0.15, 0.2) is 0 Å². The van der Waals surface area contributed by atoms with Crippen LogP contribution >= 0.6 is 11.3 Å². The van der Waals surface area contributed by atoms with Crippen LogP contribution in [-0.2, 0) is 6.54 Å². The van der Waals surface area contributed by atoms with E-state index in [9.17, 15) is 4.79 Å². The number of rotatable bonds is 6. The van der Waals surface area contributed by atoms with Crippen molar-refractivity contribution in [3.05, 3.63) is 102 Å². The van der Waals surface area contributed by atoms with Crippen molar-refractivity contribution in [1.29, 1.82) is 0 Å². The van der Waals surface area contributed by atoms with Gasteiger partial charge in [0.1, 0.15) is 15.4 Å². The van der Waals surface area contributed by atoms with Gasteiger partial charge < -0.3 is 11.1 Å². The fourth-order valence-corrected chi connectivity index (χ4v) is 5.81. The monoisotopic (exact) mass is 519 g/mol. The number of anilines is 1. The van der Waals surface area contributed by atoms with E-state index < -0.39 is 0 Å². The fraction of sp³-hybridized carbons (Fsp3) is 0.194. The normalized spacial score (nSPS) is 14.6. The Bertz CT molecular complexity index is 1570. The van der Waals surface area contributed by atoms with E-state index in [1.807, 2.05) is 85.1 Å². The minimum atomic E-state index is -0.155. The van der Waals surface area contributed by atoms with Gasteiger partial charge in [-0.25, -0.2) is 9.97 Å². The lowest BCUT2D eigenvalue weighted by atomic mass is 10.0. The number of hydrogen-bond acceptors (Lipinski definition) is 6. The zero-order valence-corrected chi connectivity index (χ0v) is 21.8. The predicted octanol–water partition coefficient (Wildman–Crippen LogP) is 6.20. The van der Waals surface area contributed by atoms with Crippen molar-refractivity contribution in [3.8, 4) is 21.7 Å². The fourth-order valence-electron chi connectivity index (χ4n) is 4.88. The van der Waals surface area contributed by atoms with Gasteiger partial charge in [-0.15, -0.1) is 0 Å². The highest BCUT2D eigenvalue weighted by Crippen LogP contribution is 2.34. The molecule has 0 atom stereocenters. The van der Waals surface area contributed by atoms with Gasteiger partial charge in [0.2, 0.25) is 0 Å². The maximum atomic E-state index is 13.3. The highest BCUT2D eigenvalue weighted by molar-refractivity contribution is 7.21. The predicted molar refractivity (Wildman–Crippen MR) is 155 cm³/mol. The number of hydrogen-bond donors (Lipinski definition) is 2. The maximum absolute atomic E-state index is 13.3. The molecule has 1 fully saturated rings. The number of para-hydroxylation sites is 1. The minimum Gasteiger partial charge on any atom is -0.328 e. The molecule has 0 unspecified atom stereocenters. The van der Waals surface area contributed by atoms with Crippen LogP contribution in [0.5, 0.6) is 0 Å². The van der Waals surface area contributed by atoms with E-state index in [4.69, 9.17) is 15.7 Å². The second-order valence-electron chi connectivity index (χ2n) is 9.75. The molecule has 3 heterocycles. The number of nitrogens with two attached hydrogens (primary N) is 1. The Labute approximate surface area is 226 Å². The summed E-state index contributed by atoms with van der Waals surface area (Å²) in [6, 6.07) is 28.0. The number of nitrogens with zero attached hydrogens (tertiary/aromatic N) is 3. The summed E-state index contributed by atoms with van der Waals surface area (Å²) in [5.41, 5.74) is 12.4. The molecule has 5 aromatic rings. The molecule has 6 nitrogen and oxygen atoms in total. The smallest absolute Gasteiger partial charge is 0.255 e. The van der Waals surface area contributed by atoms with Crippen LogP contribution in [0.2, 0.25) is 0 Å². The minimum absolute atomic E-state index is 0.155. The summed E-state index contributed by atoms with van der Waals surface area (Å²) in [7, 11) is 0. The summed E-state index contributed by atoms with van der Waals surface area (Å²) in [5.74, 6) is -0.155. The lowest BCUT2D eigenvalue weighted by molar-refractivity contribution is 0.102. The summed E-state index contributed by atoms with van der Waals surface area (Å²) in [6.45, 7) is 2.89. The van der Waals surface area contributed by atoms with Crippen molar-refractivity contribution in [2.75, 3.05) is 18.4 Å². The molecule has 1 aliphatic heterocycles. The number of piperidine rings is 1. The van der Waals surface area contributed by atoms with Crippen molar-refractivity contribution >= 4 is 33.3 Å². The topological polar surface area (TPSA) is 84.1 Å². The lowest BCUT2D eigenvalue weighted by Gasteiger charge is -2.29. The molecular weight excluding hydrogens is 490 g/mol. The quantitative estimate of drug-likeness (QED) is 0.279. The van der Waals surface area contributed by atoms with Crippen molar-refractivity contribution in [2.45, 2.75) is 25.4 Å². The number of likely N-dealkylation sites (tertiary alicyclic amines) is 1. The van der Waals surface area contributed by atoms with Crippen LogP contribution < -0.4 is 11.1 Å². The van der Waals surface area contributed by atoms with Gasteiger partial charge in [-0.3, -0.25) is 9.69 Å². The second kappa shape index (κ2) is 10.8. The molecule has 6 rings (SSSR count). The van der Waals surface area contributed by atoms with E-state index in [1.54, 1.807) is 0 Å². The van der Waals surface area contributed by atoms with Crippen molar-refractivity contribution < 1.29 is 4.79 Å². The van der Waals surface area contributed by atoms with E-state index >= 15 is 0 Å². The maximum Gasteiger partial charge on any atom is 0.255 e. The number of thiazole rings is 1. The third kappa shape index (κ3) is 5.36. The first kappa shape index (κ1) is 24.4. The Morgan fingerprint density at radius 1 is 0.947 bits per heavy atom. The van der Waals surface area contributed by atoms with Gasteiger partial charge in [-0.1, -0.05) is 65.9 Å². The Morgan fingerprint density at radius 2 is 1.71 bits per heavy atom. The Balaban J connectivity index is 1.23. The third-order valence-electron chi connectivity index (χ3n) is 6.98. The van der Waals surface area contributed by atoms with E-state index in [1.165, 1.54) is 11.3 Å². The molecule has 7 heteroatoms. The highest BCUT2D eigenvalue weighted by Gasteiger charge is 2.18. The summed E-state index contributed by atoms with van der Waals surface area (Å²) < 4.78 is 0. The Kier molecular flexibility index (Phi) is 6.96. The largest absolute Gasteiger partial charge is 0.328 e. The van der Waals surface area contributed by atoms with Crippen LogP contribution in [0.1, 0.15) is 28.8 Å². The first-order valence-electron chi connectivity index (χ1n) is 12.9. The van der Waals surface area contributed by atoms with Crippen LogP contribution in [0.25, 0.3) is 32.0 Å². The molecule has 0 saturated carbocycles. The third-order valence-corrected chi connectivity index (χ3v) is 7.99. The van der Waals surface area contributed by atoms with Crippen molar-refractivity contribution in [3.63, 3.8) is 0 Å². The molecule has 0 radical (unpaired) electrons. The lowest BCUT2D eigenvalue weighted by Crippen LogP contribution is -2.39. The summed E-state index contributed by atoms with van der Waals surface area (Å²) in [6.07, 6.45) is 4.03. The van der Waals surface area contributed by atoms with E-state index in [0.717, 1.165) is 75.8 Å². The van der Waals surface area contributed by atoms with Gasteiger partial charge in [0.25, 0.3) is 5.91 Å². The molecule has 1 amide bonds. The molecule has 3 N–H and O–H groups in total. The summed E-state index contributed by atoms with van der Waals surface area (Å²) >= 11 is 1.54. The van der Waals surface area contributed by atoms with Crippen LogP contribution in [0.4, 0.5) is 5.69 Å². The molecule has 38 heavy (non-hydrogen) atoms. The van der Waals surface area contributed by atoms with Crippen molar-refractivity contribution in [1.82, 2.24) is 14.9 Å². The van der Waals surface area contributed by atoms with Crippen LogP contribution in [-0.4, -0.2) is 39.9 Å². The molecule has 0 spiro atoms.